The summed E-state index contributed by atoms with van der Waals surface area (Å²) in [6.07, 6.45) is 5.78. The molecule has 0 spiro atoms. The highest BCUT2D eigenvalue weighted by Gasteiger charge is 2.26. The minimum atomic E-state index is -1.15. The number of hydrogen-bond acceptors (Lipinski definition) is 4. The summed E-state index contributed by atoms with van der Waals surface area (Å²) in [5.74, 6) is 1.35. The Hall–Kier alpha value is -2.80. The van der Waals surface area contributed by atoms with E-state index in [-0.39, 0.29) is 18.4 Å². The molecule has 7 heteroatoms. The fourth-order valence-electron chi connectivity index (χ4n) is 3.62. The molecule has 3 rings (SSSR count). The van der Waals surface area contributed by atoms with E-state index in [4.69, 9.17) is 4.42 Å². The van der Waals surface area contributed by atoms with Crippen LogP contribution in [0.4, 0.5) is 5.69 Å². The van der Waals surface area contributed by atoms with Crippen molar-refractivity contribution in [1.82, 2.24) is 10.6 Å². The van der Waals surface area contributed by atoms with E-state index in [1.54, 1.807) is 25.3 Å². The average molecular weight is 413 g/mol. The number of guanidine groups is 1. The predicted molar refractivity (Wildman–Crippen MR) is 118 cm³/mol. The van der Waals surface area contributed by atoms with Crippen LogP contribution >= 0.6 is 0 Å². The van der Waals surface area contributed by atoms with Crippen molar-refractivity contribution < 1.29 is 14.3 Å². The van der Waals surface area contributed by atoms with Crippen LogP contribution in [-0.4, -0.2) is 30.1 Å². The molecule has 0 aliphatic heterocycles. The van der Waals surface area contributed by atoms with E-state index in [1.165, 1.54) is 0 Å². The lowest BCUT2D eigenvalue weighted by Crippen LogP contribution is -2.44. The quantitative estimate of drug-likeness (QED) is 0.394. The highest BCUT2D eigenvalue weighted by Crippen LogP contribution is 2.26. The van der Waals surface area contributed by atoms with Crippen LogP contribution in [0.3, 0.4) is 0 Å². The number of rotatable bonds is 8. The first-order chi connectivity index (χ1) is 14.5. The SMILES string of the molecule is CCNC(=NCc1cccc(NC(=O)C2CCCC2)c1)NCC(C)(O)c1ccco1. The minimum Gasteiger partial charge on any atom is -0.466 e. The molecule has 2 aromatic rings. The van der Waals surface area contributed by atoms with E-state index in [9.17, 15) is 9.90 Å². The Morgan fingerprint density at radius 3 is 2.73 bits per heavy atom. The summed E-state index contributed by atoms with van der Waals surface area (Å²) >= 11 is 0. The molecule has 1 aliphatic carbocycles. The Bertz CT molecular complexity index is 840. The molecule has 0 radical (unpaired) electrons. The van der Waals surface area contributed by atoms with Gasteiger partial charge >= 0.3 is 0 Å². The molecule has 1 atom stereocenters. The molecule has 1 aromatic heterocycles. The van der Waals surface area contributed by atoms with E-state index in [0.29, 0.717) is 24.8 Å². The summed E-state index contributed by atoms with van der Waals surface area (Å²) in [6.45, 7) is 5.08. The fourth-order valence-corrected chi connectivity index (χ4v) is 3.62. The minimum absolute atomic E-state index is 0.114. The van der Waals surface area contributed by atoms with Crippen LogP contribution in [-0.2, 0) is 16.9 Å². The molecule has 0 saturated heterocycles. The highest BCUT2D eigenvalue weighted by atomic mass is 16.4. The number of carbonyl (C=O) groups excluding carboxylic acids is 1. The van der Waals surface area contributed by atoms with Gasteiger partial charge in [0.25, 0.3) is 0 Å². The zero-order valence-electron chi connectivity index (χ0n) is 17.8. The number of hydrogen-bond donors (Lipinski definition) is 4. The maximum atomic E-state index is 12.4. The van der Waals surface area contributed by atoms with Crippen molar-refractivity contribution in [3.63, 3.8) is 0 Å². The van der Waals surface area contributed by atoms with E-state index >= 15 is 0 Å². The largest absolute Gasteiger partial charge is 0.466 e. The van der Waals surface area contributed by atoms with Gasteiger partial charge in [-0.15, -0.1) is 0 Å². The third-order valence-electron chi connectivity index (χ3n) is 5.34. The van der Waals surface area contributed by atoms with Gasteiger partial charge < -0.3 is 25.5 Å². The molecule has 162 valence electrons. The Morgan fingerprint density at radius 2 is 2.03 bits per heavy atom. The van der Waals surface area contributed by atoms with Crippen LogP contribution in [0.25, 0.3) is 0 Å². The first-order valence-corrected chi connectivity index (χ1v) is 10.7. The van der Waals surface area contributed by atoms with Gasteiger partial charge in [0.1, 0.15) is 11.4 Å². The number of furan rings is 1. The van der Waals surface area contributed by atoms with E-state index in [2.05, 4.69) is 20.9 Å². The molecule has 1 heterocycles. The molecule has 1 aliphatic rings. The van der Waals surface area contributed by atoms with Gasteiger partial charge in [0, 0.05) is 18.2 Å². The Labute approximate surface area is 178 Å². The monoisotopic (exact) mass is 412 g/mol. The third kappa shape index (κ3) is 6.10. The molecule has 7 nitrogen and oxygen atoms in total. The average Bonchev–Trinajstić information content (AvgIpc) is 3.45. The number of amides is 1. The molecule has 1 saturated carbocycles. The van der Waals surface area contributed by atoms with Gasteiger partial charge in [-0.3, -0.25) is 4.79 Å². The molecule has 30 heavy (non-hydrogen) atoms. The maximum Gasteiger partial charge on any atom is 0.227 e. The number of anilines is 1. The van der Waals surface area contributed by atoms with Crippen LogP contribution in [0.2, 0.25) is 0 Å². The van der Waals surface area contributed by atoms with E-state index in [1.807, 2.05) is 31.2 Å². The number of nitrogens with zero attached hydrogens (tertiary/aromatic N) is 1. The standard InChI is InChI=1S/C23H32N4O3/c1-3-24-22(26-16-23(2,29)20-12-7-13-30-20)25-15-17-8-6-11-19(14-17)27-21(28)18-9-4-5-10-18/h6-8,11-14,18,29H,3-5,9-10,15-16H2,1-2H3,(H,27,28)(H2,24,25,26). The first-order valence-electron chi connectivity index (χ1n) is 10.7. The number of aliphatic hydroxyl groups is 1. The molecular formula is C23H32N4O3. The summed E-state index contributed by atoms with van der Waals surface area (Å²) in [4.78, 5) is 17.0. The van der Waals surface area contributed by atoms with Crippen molar-refractivity contribution in [2.75, 3.05) is 18.4 Å². The predicted octanol–water partition coefficient (Wildman–Crippen LogP) is 3.37. The summed E-state index contributed by atoms with van der Waals surface area (Å²) < 4.78 is 5.32. The summed E-state index contributed by atoms with van der Waals surface area (Å²) in [5.41, 5.74) is 0.650. The zero-order chi connectivity index (χ0) is 21.4. The normalized spacial score (nSPS) is 16.8. The van der Waals surface area contributed by atoms with Gasteiger partial charge in [0.15, 0.2) is 5.96 Å². The number of aliphatic imine (C=N–C) groups is 1. The van der Waals surface area contributed by atoms with Gasteiger partial charge in [0.05, 0.1) is 19.4 Å². The molecule has 1 fully saturated rings. The molecule has 1 amide bonds. The number of nitrogens with one attached hydrogen (secondary N) is 3. The first kappa shape index (κ1) is 21.9. The highest BCUT2D eigenvalue weighted by molar-refractivity contribution is 5.92. The van der Waals surface area contributed by atoms with Gasteiger partial charge in [-0.25, -0.2) is 4.99 Å². The zero-order valence-corrected chi connectivity index (χ0v) is 17.8. The van der Waals surface area contributed by atoms with Crippen LogP contribution < -0.4 is 16.0 Å². The Balaban J connectivity index is 1.59. The molecule has 1 unspecified atom stereocenters. The summed E-state index contributed by atoms with van der Waals surface area (Å²) in [6, 6.07) is 11.3. The van der Waals surface area contributed by atoms with Crippen molar-refractivity contribution >= 4 is 17.6 Å². The lowest BCUT2D eigenvalue weighted by atomic mass is 10.0. The van der Waals surface area contributed by atoms with Gasteiger partial charge in [0.2, 0.25) is 5.91 Å². The van der Waals surface area contributed by atoms with Gasteiger partial charge in [-0.05, 0) is 56.5 Å². The van der Waals surface area contributed by atoms with Crippen molar-refractivity contribution in [1.29, 1.82) is 0 Å². The molecular weight excluding hydrogens is 380 g/mol. The second kappa shape index (κ2) is 10.3. The van der Waals surface area contributed by atoms with Gasteiger partial charge in [-0.1, -0.05) is 25.0 Å². The second-order valence-electron chi connectivity index (χ2n) is 7.97. The van der Waals surface area contributed by atoms with Crippen molar-refractivity contribution in [2.24, 2.45) is 10.9 Å². The van der Waals surface area contributed by atoms with Crippen LogP contribution in [0.15, 0.2) is 52.1 Å². The Morgan fingerprint density at radius 1 is 1.23 bits per heavy atom. The molecule has 0 bridgehead atoms. The number of benzene rings is 1. The van der Waals surface area contributed by atoms with Crippen LogP contribution in [0, 0.1) is 5.92 Å². The van der Waals surface area contributed by atoms with Crippen LogP contribution in [0.5, 0.6) is 0 Å². The Kier molecular flexibility index (Phi) is 7.52. The summed E-state index contributed by atoms with van der Waals surface area (Å²) in [5, 5.41) is 20.0. The summed E-state index contributed by atoms with van der Waals surface area (Å²) in [7, 11) is 0. The lowest BCUT2D eigenvalue weighted by Gasteiger charge is -2.22. The number of carbonyl (C=O) groups is 1. The van der Waals surface area contributed by atoms with E-state index in [0.717, 1.165) is 36.9 Å². The van der Waals surface area contributed by atoms with Crippen LogP contribution in [0.1, 0.15) is 50.9 Å². The lowest BCUT2D eigenvalue weighted by molar-refractivity contribution is -0.119. The van der Waals surface area contributed by atoms with Crippen molar-refractivity contribution in [3.8, 4) is 0 Å². The second-order valence-corrected chi connectivity index (χ2v) is 7.97. The molecule has 1 aromatic carbocycles. The fraction of sp³-hybridized carbons (Fsp3) is 0.478. The smallest absolute Gasteiger partial charge is 0.227 e. The maximum absolute atomic E-state index is 12.4. The van der Waals surface area contributed by atoms with E-state index < -0.39 is 5.60 Å². The van der Waals surface area contributed by atoms with Crippen molar-refractivity contribution in [3.05, 3.63) is 54.0 Å². The van der Waals surface area contributed by atoms with Crippen molar-refractivity contribution in [2.45, 2.75) is 51.7 Å². The molecule has 4 N–H and O–H groups in total. The third-order valence-corrected chi connectivity index (χ3v) is 5.34. The topological polar surface area (TPSA) is 98.9 Å². The van der Waals surface area contributed by atoms with Gasteiger partial charge in [-0.2, -0.15) is 0 Å².